The van der Waals surface area contributed by atoms with Gasteiger partial charge < -0.3 is 9.47 Å². The minimum absolute atomic E-state index is 0.00280. The number of para-hydroxylation sites is 1. The number of amides is 1. The quantitative estimate of drug-likeness (QED) is 0.270. The molecule has 39 heavy (non-hydrogen) atoms. The Hall–Kier alpha value is -3.58. The van der Waals surface area contributed by atoms with Gasteiger partial charge in [0.2, 0.25) is 0 Å². The number of benzene rings is 3. The first kappa shape index (κ1) is 27.0. The number of nitrogens with zero attached hydrogens (tertiary/aromatic N) is 2. The highest BCUT2D eigenvalue weighted by molar-refractivity contribution is 8.18. The third-order valence-electron chi connectivity index (χ3n) is 7.09. The zero-order valence-corrected chi connectivity index (χ0v) is 23.1. The Balaban J connectivity index is 1.42. The smallest absolute Gasteiger partial charge is 0.267 e. The number of halogens is 1. The number of ether oxygens (including phenoxy) is 2. The SMILES string of the molecule is CCOc1cc(/C=C2\SC(=Nc3ccccc3)N([C@@H]3CCCC[C@@H]3C)C2=O)ccc1OCc1ccc(F)cc1. The number of rotatable bonds is 8. The van der Waals surface area contributed by atoms with Crippen molar-refractivity contribution in [2.75, 3.05) is 6.61 Å². The molecule has 2 atom stereocenters. The van der Waals surface area contributed by atoms with Gasteiger partial charge in [-0.3, -0.25) is 9.69 Å². The lowest BCUT2D eigenvalue weighted by molar-refractivity contribution is -0.124. The number of carbonyl (C=O) groups excluding carboxylic acids is 1. The number of carbonyl (C=O) groups is 1. The largest absolute Gasteiger partial charge is 0.490 e. The zero-order valence-electron chi connectivity index (χ0n) is 22.3. The fourth-order valence-corrected chi connectivity index (χ4v) is 6.09. The van der Waals surface area contributed by atoms with Crippen molar-refractivity contribution in [1.29, 1.82) is 0 Å². The minimum atomic E-state index is -0.279. The molecule has 1 saturated heterocycles. The second-order valence-electron chi connectivity index (χ2n) is 9.90. The summed E-state index contributed by atoms with van der Waals surface area (Å²) < 4.78 is 25.1. The molecular weight excluding hydrogens is 511 g/mol. The summed E-state index contributed by atoms with van der Waals surface area (Å²) in [6.45, 7) is 4.92. The second kappa shape index (κ2) is 12.5. The molecule has 202 valence electrons. The van der Waals surface area contributed by atoms with E-state index in [2.05, 4.69) is 6.92 Å². The predicted octanol–water partition coefficient (Wildman–Crippen LogP) is 7.99. The van der Waals surface area contributed by atoms with E-state index in [1.165, 1.54) is 30.3 Å². The van der Waals surface area contributed by atoms with Crippen LogP contribution in [0.1, 0.15) is 50.7 Å². The van der Waals surface area contributed by atoms with Gasteiger partial charge in [0.25, 0.3) is 5.91 Å². The molecule has 1 heterocycles. The van der Waals surface area contributed by atoms with Crippen LogP contribution in [0.3, 0.4) is 0 Å². The molecule has 0 N–H and O–H groups in total. The van der Waals surface area contributed by atoms with E-state index in [4.69, 9.17) is 14.5 Å². The summed E-state index contributed by atoms with van der Waals surface area (Å²) in [5.74, 6) is 1.34. The van der Waals surface area contributed by atoms with Crippen molar-refractivity contribution < 1.29 is 18.7 Å². The van der Waals surface area contributed by atoms with E-state index in [-0.39, 0.29) is 17.8 Å². The summed E-state index contributed by atoms with van der Waals surface area (Å²) in [7, 11) is 0. The molecule has 0 spiro atoms. The zero-order chi connectivity index (χ0) is 27.2. The van der Waals surface area contributed by atoms with Gasteiger partial charge in [0.15, 0.2) is 16.7 Å². The normalized spacial score (nSPS) is 21.5. The molecule has 1 aliphatic carbocycles. The molecule has 1 saturated carbocycles. The Morgan fingerprint density at radius 3 is 2.51 bits per heavy atom. The van der Waals surface area contributed by atoms with Gasteiger partial charge in [-0.2, -0.15) is 0 Å². The van der Waals surface area contributed by atoms with Gasteiger partial charge in [-0.15, -0.1) is 0 Å². The molecular formula is C32H33FN2O3S. The molecule has 1 aliphatic heterocycles. The van der Waals surface area contributed by atoms with E-state index in [1.54, 1.807) is 12.1 Å². The third-order valence-corrected chi connectivity index (χ3v) is 8.07. The summed E-state index contributed by atoms with van der Waals surface area (Å²) in [6.07, 6.45) is 6.35. The number of thioether (sulfide) groups is 1. The monoisotopic (exact) mass is 544 g/mol. The highest BCUT2D eigenvalue weighted by Crippen LogP contribution is 2.40. The molecule has 7 heteroatoms. The number of aliphatic imine (C=N–C) groups is 1. The Kier molecular flexibility index (Phi) is 8.67. The Labute approximate surface area is 233 Å². The van der Waals surface area contributed by atoms with Gasteiger partial charge in [0.05, 0.1) is 17.2 Å². The van der Waals surface area contributed by atoms with Gasteiger partial charge >= 0.3 is 0 Å². The topological polar surface area (TPSA) is 51.1 Å². The molecule has 0 radical (unpaired) electrons. The molecule has 2 aliphatic rings. The molecule has 5 nitrogen and oxygen atoms in total. The maximum atomic E-state index is 13.8. The van der Waals surface area contributed by atoms with Crippen molar-refractivity contribution in [2.24, 2.45) is 10.9 Å². The lowest BCUT2D eigenvalue weighted by atomic mass is 9.85. The van der Waals surface area contributed by atoms with Crippen LogP contribution in [0.25, 0.3) is 6.08 Å². The summed E-state index contributed by atoms with van der Waals surface area (Å²) in [4.78, 5) is 21.2. The number of hydrogen-bond donors (Lipinski definition) is 0. The lowest BCUT2D eigenvalue weighted by Gasteiger charge is -2.35. The Morgan fingerprint density at radius 2 is 1.77 bits per heavy atom. The summed E-state index contributed by atoms with van der Waals surface area (Å²) in [5.41, 5.74) is 2.55. The van der Waals surface area contributed by atoms with Crippen LogP contribution in [0, 0.1) is 11.7 Å². The van der Waals surface area contributed by atoms with E-state index < -0.39 is 0 Å². The van der Waals surface area contributed by atoms with Crippen LogP contribution in [-0.2, 0) is 11.4 Å². The van der Waals surface area contributed by atoms with Crippen molar-refractivity contribution in [2.45, 2.75) is 52.2 Å². The summed E-state index contributed by atoms with van der Waals surface area (Å²) >= 11 is 1.43. The molecule has 0 unspecified atom stereocenters. The lowest BCUT2D eigenvalue weighted by Crippen LogP contribution is -2.44. The highest BCUT2D eigenvalue weighted by atomic mass is 32.2. The standard InChI is InChI=1S/C32H33FN2O3S/c1-3-37-29-19-24(15-18-28(29)38-21-23-13-16-25(33)17-14-23)20-30-31(36)35(27-12-8-7-9-22(27)2)32(39-30)34-26-10-5-4-6-11-26/h4-6,10-11,13-20,22,27H,3,7-9,12,21H2,1-2H3/b30-20-,34-32?/t22-,27+/m0/s1. The molecule has 0 aromatic heterocycles. The maximum Gasteiger partial charge on any atom is 0.267 e. The van der Waals surface area contributed by atoms with E-state index in [0.29, 0.717) is 35.5 Å². The van der Waals surface area contributed by atoms with Gasteiger partial charge in [0, 0.05) is 6.04 Å². The van der Waals surface area contributed by atoms with Gasteiger partial charge in [0.1, 0.15) is 12.4 Å². The maximum absolute atomic E-state index is 13.8. The molecule has 2 fully saturated rings. The third kappa shape index (κ3) is 6.53. The van der Waals surface area contributed by atoms with Crippen molar-refractivity contribution in [3.63, 3.8) is 0 Å². The predicted molar refractivity (Wildman–Crippen MR) is 156 cm³/mol. The first-order chi connectivity index (χ1) is 19.0. The first-order valence-corrected chi connectivity index (χ1v) is 14.3. The first-order valence-electron chi connectivity index (χ1n) is 13.5. The number of hydrogen-bond acceptors (Lipinski definition) is 5. The van der Waals surface area contributed by atoms with Crippen LogP contribution in [0.5, 0.6) is 11.5 Å². The molecule has 5 rings (SSSR count). The van der Waals surface area contributed by atoms with Crippen molar-refractivity contribution in [1.82, 2.24) is 4.90 Å². The summed E-state index contributed by atoms with van der Waals surface area (Å²) in [6, 6.07) is 21.8. The van der Waals surface area contributed by atoms with Crippen LogP contribution in [0.4, 0.5) is 10.1 Å². The van der Waals surface area contributed by atoms with Crippen molar-refractivity contribution in [3.05, 3.63) is 94.6 Å². The van der Waals surface area contributed by atoms with Crippen LogP contribution in [0.15, 0.2) is 82.7 Å². The molecule has 3 aromatic carbocycles. The Morgan fingerprint density at radius 1 is 1.00 bits per heavy atom. The van der Waals surface area contributed by atoms with Crippen molar-refractivity contribution >= 4 is 34.6 Å². The van der Waals surface area contributed by atoms with Crippen LogP contribution in [-0.4, -0.2) is 28.6 Å². The van der Waals surface area contributed by atoms with E-state index in [0.717, 1.165) is 41.2 Å². The highest BCUT2D eigenvalue weighted by Gasteiger charge is 2.41. The van der Waals surface area contributed by atoms with Crippen LogP contribution in [0.2, 0.25) is 0 Å². The fraction of sp³-hybridized carbons (Fsp3) is 0.312. The van der Waals surface area contributed by atoms with E-state index in [9.17, 15) is 9.18 Å². The molecule has 0 bridgehead atoms. The average Bonchev–Trinajstić information content (AvgIpc) is 3.24. The molecule has 3 aromatic rings. The average molecular weight is 545 g/mol. The number of amidine groups is 1. The van der Waals surface area contributed by atoms with Gasteiger partial charge in [-0.1, -0.05) is 56.2 Å². The minimum Gasteiger partial charge on any atom is -0.490 e. The second-order valence-corrected chi connectivity index (χ2v) is 10.9. The van der Waals surface area contributed by atoms with E-state index in [1.807, 2.05) is 66.4 Å². The van der Waals surface area contributed by atoms with Crippen LogP contribution < -0.4 is 9.47 Å². The van der Waals surface area contributed by atoms with Crippen LogP contribution >= 0.6 is 11.8 Å². The van der Waals surface area contributed by atoms with E-state index >= 15 is 0 Å². The Bertz CT molecular complexity index is 1360. The van der Waals surface area contributed by atoms with Gasteiger partial charge in [-0.25, -0.2) is 9.38 Å². The molecule has 1 amide bonds. The summed E-state index contributed by atoms with van der Waals surface area (Å²) in [5, 5.41) is 0.737. The van der Waals surface area contributed by atoms with Gasteiger partial charge in [-0.05, 0) is 91.0 Å². The van der Waals surface area contributed by atoms with Crippen molar-refractivity contribution in [3.8, 4) is 11.5 Å². The fourth-order valence-electron chi connectivity index (χ4n) is 5.05.